The molecule has 1 saturated heterocycles. The number of carbonyl (C=O) groups excluding carboxylic acids is 1. The van der Waals surface area contributed by atoms with Crippen molar-refractivity contribution in [2.45, 2.75) is 19.4 Å². The zero-order valence-electron chi connectivity index (χ0n) is 10.9. The van der Waals surface area contributed by atoms with E-state index in [1.54, 1.807) is 16.5 Å². The average molecular weight is 260 g/mol. The van der Waals surface area contributed by atoms with E-state index in [0.29, 0.717) is 11.3 Å². The number of esters is 1. The van der Waals surface area contributed by atoms with Gasteiger partial charge in [0.05, 0.1) is 13.7 Å². The number of hydrogen-bond acceptors (Lipinski definition) is 5. The minimum Gasteiger partial charge on any atom is -0.464 e. The van der Waals surface area contributed by atoms with Crippen LogP contribution in [0, 0.1) is 0 Å². The summed E-state index contributed by atoms with van der Waals surface area (Å²) in [6.45, 7) is 2.87. The van der Waals surface area contributed by atoms with Crippen molar-refractivity contribution in [3.8, 4) is 0 Å². The first kappa shape index (κ1) is 12.1. The number of rotatable bonds is 3. The number of pyridine rings is 1. The third kappa shape index (κ3) is 2.19. The number of hydrogen-bond donors (Lipinski definition) is 0. The summed E-state index contributed by atoms with van der Waals surface area (Å²) in [5.74, 6) is 0.422. The van der Waals surface area contributed by atoms with Gasteiger partial charge in [-0.25, -0.2) is 4.79 Å². The van der Waals surface area contributed by atoms with E-state index in [2.05, 4.69) is 15.1 Å². The Bertz CT molecular complexity index is 602. The van der Waals surface area contributed by atoms with E-state index in [1.807, 2.05) is 6.07 Å². The highest BCUT2D eigenvalue weighted by atomic mass is 16.5. The van der Waals surface area contributed by atoms with Gasteiger partial charge in [0.15, 0.2) is 11.5 Å². The van der Waals surface area contributed by atoms with E-state index < -0.39 is 0 Å². The minimum atomic E-state index is -0.368. The predicted molar refractivity (Wildman–Crippen MR) is 68.8 cm³/mol. The first-order valence-electron chi connectivity index (χ1n) is 6.43. The SMILES string of the molecule is COC(=O)c1cccc2nnc(CN3CCCC3)n12. The molecule has 1 aliphatic heterocycles. The Balaban J connectivity index is 2.01. The molecule has 0 spiro atoms. The molecule has 0 unspecified atom stereocenters. The lowest BCUT2D eigenvalue weighted by Crippen LogP contribution is -2.21. The summed E-state index contributed by atoms with van der Waals surface area (Å²) >= 11 is 0. The van der Waals surface area contributed by atoms with Gasteiger partial charge in [-0.2, -0.15) is 0 Å². The zero-order chi connectivity index (χ0) is 13.2. The first-order chi connectivity index (χ1) is 9.29. The number of carbonyl (C=O) groups is 1. The van der Waals surface area contributed by atoms with E-state index in [1.165, 1.54) is 20.0 Å². The molecule has 0 atom stereocenters. The normalized spacial score (nSPS) is 16.1. The molecule has 0 saturated carbocycles. The number of ether oxygens (including phenoxy) is 1. The monoisotopic (exact) mass is 260 g/mol. The number of aromatic nitrogens is 3. The summed E-state index contributed by atoms with van der Waals surface area (Å²) in [5, 5.41) is 8.32. The number of nitrogens with zero attached hydrogens (tertiary/aromatic N) is 4. The van der Waals surface area contributed by atoms with Crippen LogP contribution in [0.15, 0.2) is 18.2 Å². The van der Waals surface area contributed by atoms with Crippen molar-refractivity contribution in [2.24, 2.45) is 0 Å². The molecule has 6 nitrogen and oxygen atoms in total. The van der Waals surface area contributed by atoms with Crippen molar-refractivity contribution >= 4 is 11.6 Å². The maximum absolute atomic E-state index is 11.8. The van der Waals surface area contributed by atoms with Gasteiger partial charge in [-0.1, -0.05) is 6.07 Å². The summed E-state index contributed by atoms with van der Waals surface area (Å²) in [5.41, 5.74) is 1.15. The van der Waals surface area contributed by atoms with Gasteiger partial charge in [0.1, 0.15) is 5.69 Å². The molecule has 6 heteroatoms. The van der Waals surface area contributed by atoms with Gasteiger partial charge in [0.2, 0.25) is 0 Å². The molecule has 0 aromatic carbocycles. The molecule has 0 aliphatic carbocycles. The molecule has 0 amide bonds. The van der Waals surface area contributed by atoms with Crippen LogP contribution in [0.5, 0.6) is 0 Å². The molecular weight excluding hydrogens is 244 g/mol. The third-order valence-electron chi connectivity index (χ3n) is 3.45. The second-order valence-electron chi connectivity index (χ2n) is 4.70. The van der Waals surface area contributed by atoms with Crippen molar-refractivity contribution in [2.75, 3.05) is 20.2 Å². The number of likely N-dealkylation sites (tertiary alicyclic amines) is 1. The molecule has 0 N–H and O–H groups in total. The van der Waals surface area contributed by atoms with E-state index in [-0.39, 0.29) is 5.97 Å². The van der Waals surface area contributed by atoms with Crippen LogP contribution in [-0.4, -0.2) is 45.7 Å². The predicted octanol–water partition coefficient (Wildman–Crippen LogP) is 1.11. The Morgan fingerprint density at radius 1 is 1.32 bits per heavy atom. The van der Waals surface area contributed by atoms with Crippen molar-refractivity contribution < 1.29 is 9.53 Å². The Kier molecular flexibility index (Phi) is 3.16. The van der Waals surface area contributed by atoms with Crippen molar-refractivity contribution in [1.29, 1.82) is 0 Å². The van der Waals surface area contributed by atoms with E-state index in [4.69, 9.17) is 4.74 Å². The highest BCUT2D eigenvalue weighted by Gasteiger charge is 2.19. The second kappa shape index (κ2) is 4.97. The lowest BCUT2D eigenvalue weighted by Gasteiger charge is -2.13. The highest BCUT2D eigenvalue weighted by Crippen LogP contribution is 2.15. The van der Waals surface area contributed by atoms with Gasteiger partial charge >= 0.3 is 5.97 Å². The Morgan fingerprint density at radius 3 is 2.84 bits per heavy atom. The fraction of sp³-hybridized carbons (Fsp3) is 0.462. The fourth-order valence-electron chi connectivity index (χ4n) is 2.51. The summed E-state index contributed by atoms with van der Waals surface area (Å²) < 4.78 is 6.59. The highest BCUT2D eigenvalue weighted by molar-refractivity contribution is 5.88. The van der Waals surface area contributed by atoms with Crippen LogP contribution < -0.4 is 0 Å². The van der Waals surface area contributed by atoms with Crippen LogP contribution in [-0.2, 0) is 11.3 Å². The molecule has 1 fully saturated rings. The Labute approximate surface area is 111 Å². The maximum Gasteiger partial charge on any atom is 0.355 e. The molecule has 3 rings (SSSR count). The summed E-state index contributed by atoms with van der Waals surface area (Å²) in [7, 11) is 1.38. The van der Waals surface area contributed by atoms with Crippen molar-refractivity contribution in [3.05, 3.63) is 29.7 Å². The van der Waals surface area contributed by atoms with Crippen LogP contribution in [0.1, 0.15) is 29.2 Å². The average Bonchev–Trinajstić information content (AvgIpc) is 3.08. The van der Waals surface area contributed by atoms with Gasteiger partial charge in [-0.3, -0.25) is 9.30 Å². The van der Waals surface area contributed by atoms with E-state index in [9.17, 15) is 4.79 Å². The van der Waals surface area contributed by atoms with Crippen LogP contribution in [0.25, 0.3) is 5.65 Å². The molecule has 2 aromatic rings. The van der Waals surface area contributed by atoms with Gasteiger partial charge in [-0.15, -0.1) is 10.2 Å². The quantitative estimate of drug-likeness (QED) is 0.774. The van der Waals surface area contributed by atoms with Crippen molar-refractivity contribution in [3.63, 3.8) is 0 Å². The van der Waals surface area contributed by atoms with Gasteiger partial charge in [-0.05, 0) is 38.1 Å². The molecule has 1 aliphatic rings. The van der Waals surface area contributed by atoms with E-state index >= 15 is 0 Å². The standard InChI is InChI=1S/C13H16N4O2/c1-19-13(18)10-5-4-6-11-14-15-12(17(10)11)9-16-7-2-3-8-16/h4-6H,2-3,7-9H2,1H3. The number of fused-ring (bicyclic) bond motifs is 1. The first-order valence-corrected chi connectivity index (χ1v) is 6.43. The van der Waals surface area contributed by atoms with Gasteiger partial charge in [0.25, 0.3) is 0 Å². The third-order valence-corrected chi connectivity index (χ3v) is 3.45. The summed E-state index contributed by atoms with van der Waals surface area (Å²) in [4.78, 5) is 14.1. The molecule has 3 heterocycles. The number of methoxy groups -OCH3 is 1. The summed E-state index contributed by atoms with van der Waals surface area (Å²) in [6.07, 6.45) is 2.45. The molecule has 0 radical (unpaired) electrons. The second-order valence-corrected chi connectivity index (χ2v) is 4.70. The Hall–Kier alpha value is -1.95. The van der Waals surface area contributed by atoms with Crippen molar-refractivity contribution in [1.82, 2.24) is 19.5 Å². The lowest BCUT2D eigenvalue weighted by atomic mass is 10.3. The lowest BCUT2D eigenvalue weighted by molar-refractivity contribution is 0.0591. The summed E-state index contributed by atoms with van der Waals surface area (Å²) in [6, 6.07) is 5.36. The largest absolute Gasteiger partial charge is 0.464 e. The van der Waals surface area contributed by atoms with Crippen LogP contribution in [0.4, 0.5) is 0 Å². The topological polar surface area (TPSA) is 59.7 Å². The zero-order valence-corrected chi connectivity index (χ0v) is 10.9. The molecular formula is C13H16N4O2. The molecule has 0 bridgehead atoms. The van der Waals surface area contributed by atoms with Crippen LogP contribution >= 0.6 is 0 Å². The maximum atomic E-state index is 11.8. The molecule has 100 valence electrons. The fourth-order valence-corrected chi connectivity index (χ4v) is 2.51. The smallest absolute Gasteiger partial charge is 0.355 e. The van der Waals surface area contributed by atoms with Crippen LogP contribution in [0.3, 0.4) is 0 Å². The molecule has 2 aromatic heterocycles. The molecule has 19 heavy (non-hydrogen) atoms. The van der Waals surface area contributed by atoms with Crippen LogP contribution in [0.2, 0.25) is 0 Å². The van der Waals surface area contributed by atoms with Gasteiger partial charge < -0.3 is 4.74 Å². The minimum absolute atomic E-state index is 0.368. The Morgan fingerprint density at radius 2 is 2.11 bits per heavy atom. The van der Waals surface area contributed by atoms with Gasteiger partial charge in [0, 0.05) is 0 Å². The van der Waals surface area contributed by atoms with E-state index in [0.717, 1.165) is 25.5 Å².